The van der Waals surface area contributed by atoms with E-state index in [1.165, 1.54) is 19.2 Å². The van der Waals surface area contributed by atoms with Crippen LogP contribution in [0.1, 0.15) is 0 Å². The van der Waals surface area contributed by atoms with Crippen LogP contribution in [0.4, 0.5) is 10.5 Å². The zero-order valence-electron chi connectivity index (χ0n) is 20.2. The second kappa shape index (κ2) is 9.94. The third kappa shape index (κ3) is 4.58. The van der Waals surface area contributed by atoms with Crippen molar-refractivity contribution in [3.05, 3.63) is 95.2 Å². The van der Waals surface area contributed by atoms with Gasteiger partial charge in [0, 0.05) is 11.6 Å². The summed E-state index contributed by atoms with van der Waals surface area (Å²) in [4.78, 5) is 55.3. The second-order valence-corrected chi connectivity index (χ2v) is 8.34. The number of nitrogens with two attached hydrogens (primary N) is 1. The summed E-state index contributed by atoms with van der Waals surface area (Å²) >= 11 is 0. The van der Waals surface area contributed by atoms with E-state index in [1.54, 1.807) is 42.5 Å². The van der Waals surface area contributed by atoms with Crippen molar-refractivity contribution in [1.82, 2.24) is 4.90 Å². The molecule has 2 heterocycles. The van der Waals surface area contributed by atoms with E-state index < -0.39 is 24.5 Å². The molecule has 0 aliphatic carbocycles. The summed E-state index contributed by atoms with van der Waals surface area (Å²) in [5, 5.41) is 0.277. The highest BCUT2D eigenvalue weighted by molar-refractivity contribution is 6.68. The number of ether oxygens (including phenoxy) is 1. The SMILES string of the molecule is CN1C(=O)C(=NC(=O)COc2ccc3oc(-c4ccccc4)cc(=O)c3c2)C(N)=[N+](c2ccccc2)C1=O. The number of hydrogen-bond acceptors (Lipinski definition) is 7. The van der Waals surface area contributed by atoms with E-state index in [0.29, 0.717) is 17.0 Å². The molecule has 0 spiro atoms. The molecular formula is C28H21N4O6+. The Bertz CT molecular complexity index is 1710. The third-order valence-electron chi connectivity index (χ3n) is 5.84. The first-order chi connectivity index (χ1) is 18.3. The molecule has 10 heteroatoms. The first kappa shape index (κ1) is 24.3. The van der Waals surface area contributed by atoms with Gasteiger partial charge in [-0.05, 0) is 30.3 Å². The molecule has 0 saturated carbocycles. The minimum atomic E-state index is -0.814. The number of benzene rings is 3. The maximum Gasteiger partial charge on any atom is 0.451 e. The number of rotatable bonds is 5. The molecule has 1 aliphatic rings. The quantitative estimate of drug-likeness (QED) is 0.409. The van der Waals surface area contributed by atoms with Crippen molar-refractivity contribution >= 4 is 46.0 Å². The smallest absolute Gasteiger partial charge is 0.451 e. The van der Waals surface area contributed by atoms with Gasteiger partial charge in [-0.25, -0.2) is 9.59 Å². The van der Waals surface area contributed by atoms with Gasteiger partial charge >= 0.3 is 11.9 Å². The molecule has 0 bridgehead atoms. The number of imide groups is 1. The van der Waals surface area contributed by atoms with Crippen molar-refractivity contribution < 1.29 is 28.1 Å². The molecule has 2 N–H and O–H groups in total. The molecule has 0 saturated heterocycles. The van der Waals surface area contributed by atoms with Crippen molar-refractivity contribution in [3.8, 4) is 17.1 Å². The summed E-state index contributed by atoms with van der Waals surface area (Å²) < 4.78 is 12.5. The first-order valence-corrected chi connectivity index (χ1v) is 11.5. The monoisotopic (exact) mass is 509 g/mol. The van der Waals surface area contributed by atoms with Gasteiger partial charge in [0.15, 0.2) is 12.0 Å². The molecule has 4 aromatic rings. The number of amidine groups is 1. The Morgan fingerprint density at radius 2 is 1.66 bits per heavy atom. The fourth-order valence-corrected chi connectivity index (χ4v) is 3.92. The van der Waals surface area contributed by atoms with Gasteiger partial charge in [0.1, 0.15) is 22.8 Å². The van der Waals surface area contributed by atoms with Crippen LogP contribution >= 0.6 is 0 Å². The number of hydrogen-bond donors (Lipinski definition) is 1. The molecule has 4 amide bonds. The highest BCUT2D eigenvalue weighted by atomic mass is 16.5. The van der Waals surface area contributed by atoms with E-state index >= 15 is 0 Å². The van der Waals surface area contributed by atoms with Gasteiger partial charge in [0.25, 0.3) is 11.7 Å². The number of aliphatic imine (C=N–C) groups is 1. The summed E-state index contributed by atoms with van der Waals surface area (Å²) in [6.45, 7) is -0.536. The Morgan fingerprint density at radius 1 is 0.974 bits per heavy atom. The fourth-order valence-electron chi connectivity index (χ4n) is 3.92. The van der Waals surface area contributed by atoms with Gasteiger partial charge in [-0.3, -0.25) is 9.59 Å². The van der Waals surface area contributed by atoms with Gasteiger partial charge in [0.05, 0.1) is 12.4 Å². The lowest BCUT2D eigenvalue weighted by atomic mass is 10.1. The number of amides is 4. The molecule has 0 unspecified atom stereocenters. The Hall–Kier alpha value is -5.38. The highest BCUT2D eigenvalue weighted by Crippen LogP contribution is 2.24. The largest absolute Gasteiger partial charge is 0.484 e. The van der Waals surface area contributed by atoms with Crippen LogP contribution in [0.25, 0.3) is 22.3 Å². The molecule has 38 heavy (non-hydrogen) atoms. The van der Waals surface area contributed by atoms with Crippen molar-refractivity contribution in [2.24, 2.45) is 10.7 Å². The highest BCUT2D eigenvalue weighted by Gasteiger charge is 2.42. The Labute approximate surface area is 215 Å². The predicted octanol–water partition coefficient (Wildman–Crippen LogP) is 3.10. The van der Waals surface area contributed by atoms with Gasteiger partial charge in [-0.15, -0.1) is 0 Å². The van der Waals surface area contributed by atoms with E-state index in [0.717, 1.165) is 15.0 Å². The molecule has 0 fully saturated rings. The van der Waals surface area contributed by atoms with E-state index in [4.69, 9.17) is 14.9 Å². The van der Waals surface area contributed by atoms with E-state index in [9.17, 15) is 19.2 Å². The Balaban J connectivity index is 1.38. The summed E-state index contributed by atoms with van der Waals surface area (Å²) in [6.07, 6.45) is 0. The van der Waals surface area contributed by atoms with Gasteiger partial charge in [-0.1, -0.05) is 48.5 Å². The minimum Gasteiger partial charge on any atom is -0.484 e. The van der Waals surface area contributed by atoms with Crippen LogP contribution in [0.3, 0.4) is 0 Å². The van der Waals surface area contributed by atoms with Crippen LogP contribution in [-0.2, 0) is 9.59 Å². The summed E-state index contributed by atoms with van der Waals surface area (Å²) in [5.74, 6) is -1.22. The van der Waals surface area contributed by atoms with Crippen molar-refractivity contribution in [2.75, 3.05) is 13.7 Å². The molecule has 1 aromatic heterocycles. The van der Waals surface area contributed by atoms with Crippen molar-refractivity contribution in [2.45, 2.75) is 0 Å². The molecule has 0 radical (unpaired) electrons. The lowest BCUT2D eigenvalue weighted by Crippen LogP contribution is -2.55. The predicted molar refractivity (Wildman–Crippen MR) is 140 cm³/mol. The zero-order valence-corrected chi connectivity index (χ0v) is 20.2. The molecule has 0 atom stereocenters. The van der Waals surface area contributed by atoms with Crippen LogP contribution in [0.2, 0.25) is 0 Å². The summed E-state index contributed by atoms with van der Waals surface area (Å²) in [7, 11) is 1.27. The molecule has 1 aliphatic heterocycles. The number of carbonyl (C=O) groups is 3. The minimum absolute atomic E-state index is 0.232. The first-order valence-electron chi connectivity index (χ1n) is 11.5. The topological polar surface area (TPSA) is 135 Å². The van der Waals surface area contributed by atoms with Gasteiger partial charge in [-0.2, -0.15) is 14.5 Å². The lowest BCUT2D eigenvalue weighted by Gasteiger charge is -2.20. The fraction of sp³-hybridized carbons (Fsp3) is 0.0714. The maximum absolute atomic E-state index is 12.7. The number of nitrogens with zero attached hydrogens (tertiary/aromatic N) is 3. The molecule has 3 aromatic carbocycles. The number of urea groups is 1. The van der Waals surface area contributed by atoms with Crippen LogP contribution in [0, 0.1) is 0 Å². The third-order valence-corrected chi connectivity index (χ3v) is 5.84. The standard InChI is InChI=1S/C28H20N4O6/c1-31-27(35)25(26(29)32(28(31)36)18-10-6-3-7-11-18)30-24(34)16-37-19-12-13-22-20(14-19)21(33)15-23(38-22)17-8-4-2-5-9-17/h2-15,29H,16H2,1H3/p+1. The maximum atomic E-state index is 12.7. The number of carbonyl (C=O) groups excluding carboxylic acids is 3. The molecule has 10 nitrogen and oxygen atoms in total. The normalized spacial score (nSPS) is 14.9. The molecule has 188 valence electrons. The summed E-state index contributed by atoms with van der Waals surface area (Å²) in [6, 6.07) is 23.0. The molecular weight excluding hydrogens is 488 g/mol. The van der Waals surface area contributed by atoms with Crippen LogP contribution in [-0.4, -0.2) is 52.5 Å². The van der Waals surface area contributed by atoms with Crippen LogP contribution in [0.5, 0.6) is 5.75 Å². The molecule has 5 rings (SSSR count). The van der Waals surface area contributed by atoms with Crippen molar-refractivity contribution in [3.63, 3.8) is 0 Å². The Morgan fingerprint density at radius 3 is 2.37 bits per heavy atom. The Kier molecular flexibility index (Phi) is 6.36. The average molecular weight is 509 g/mol. The number of para-hydroxylation sites is 1. The zero-order chi connectivity index (χ0) is 26.8. The summed E-state index contributed by atoms with van der Waals surface area (Å²) in [5.41, 5.74) is 6.98. The van der Waals surface area contributed by atoms with Gasteiger partial charge in [0.2, 0.25) is 5.71 Å². The van der Waals surface area contributed by atoms with E-state index in [-0.39, 0.29) is 28.1 Å². The van der Waals surface area contributed by atoms with Gasteiger partial charge < -0.3 is 14.9 Å². The van der Waals surface area contributed by atoms with E-state index in [2.05, 4.69) is 4.99 Å². The van der Waals surface area contributed by atoms with Crippen molar-refractivity contribution in [1.29, 1.82) is 0 Å². The van der Waals surface area contributed by atoms with Crippen LogP contribution in [0.15, 0.2) is 99.1 Å². The second-order valence-electron chi connectivity index (χ2n) is 8.34. The average Bonchev–Trinajstić information content (AvgIpc) is 2.94. The van der Waals surface area contributed by atoms with Crippen LogP contribution < -0.4 is 15.9 Å². The number of fused-ring (bicyclic) bond motifs is 1. The lowest BCUT2D eigenvalue weighted by molar-refractivity contribution is -0.342. The van der Waals surface area contributed by atoms with E-state index in [1.807, 2.05) is 30.3 Å².